The molecule has 1 saturated heterocycles. The van der Waals surface area contributed by atoms with Crippen LogP contribution in [0.4, 0.5) is 9.59 Å². The van der Waals surface area contributed by atoms with E-state index in [4.69, 9.17) is 20.0 Å². The number of amides is 3. The molecule has 1 aromatic carbocycles. The maximum atomic E-state index is 12.5. The van der Waals surface area contributed by atoms with Gasteiger partial charge in [0.25, 0.3) is 5.91 Å². The first kappa shape index (κ1) is 20.5. The van der Waals surface area contributed by atoms with Crippen molar-refractivity contribution in [3.8, 4) is 0 Å². The lowest BCUT2D eigenvalue weighted by Gasteiger charge is -2.53. The maximum Gasteiger partial charge on any atom is 0.408 e. The molecule has 0 aromatic heterocycles. The molecule has 1 aromatic rings. The number of nitrogens with two attached hydrogens (primary N) is 1. The number of hydrogen-bond donors (Lipinski definition) is 2. The topological polar surface area (TPSA) is 120 Å². The molecule has 1 aliphatic heterocycles. The van der Waals surface area contributed by atoms with Gasteiger partial charge in [0.15, 0.2) is 0 Å². The molecule has 3 amide bonds. The second-order valence-electron chi connectivity index (χ2n) is 7.44. The van der Waals surface area contributed by atoms with Gasteiger partial charge in [0.1, 0.15) is 30.4 Å². The molecule has 0 aliphatic carbocycles. The zero-order chi connectivity index (χ0) is 20.2. The third kappa shape index (κ3) is 5.10. The average Bonchev–Trinajstić information content (AvgIpc) is 2.57. The minimum Gasteiger partial charge on any atom is -0.447 e. The molecule has 1 aliphatic rings. The molecule has 2 atom stereocenters. The van der Waals surface area contributed by atoms with Crippen LogP contribution in [0.15, 0.2) is 30.3 Å². The summed E-state index contributed by atoms with van der Waals surface area (Å²) in [5.41, 5.74) is 4.04. The summed E-state index contributed by atoms with van der Waals surface area (Å²) in [5, 5.41) is 3.59. The van der Waals surface area contributed by atoms with E-state index in [1.165, 1.54) is 0 Å². The Balaban J connectivity index is 2.08. The molecule has 0 bridgehead atoms. The van der Waals surface area contributed by atoms with Crippen LogP contribution in [0.5, 0.6) is 0 Å². The van der Waals surface area contributed by atoms with Gasteiger partial charge in [0, 0.05) is 0 Å². The first-order valence-corrected chi connectivity index (χ1v) is 8.45. The summed E-state index contributed by atoms with van der Waals surface area (Å²) in [5.74, 6) is -0.479. The number of nitrogens with one attached hydrogen (secondary N) is 1. The number of hydroxylamine groups is 2. The fraction of sp³-hybridized carbons (Fsp3) is 0.500. The molecule has 148 valence electrons. The number of ether oxygens (including phenoxy) is 2. The molecule has 0 spiro atoms. The number of carbonyl (C=O) groups is 3. The summed E-state index contributed by atoms with van der Waals surface area (Å²) in [6.07, 6.45) is -1.75. The van der Waals surface area contributed by atoms with Crippen LogP contribution < -0.4 is 11.1 Å². The summed E-state index contributed by atoms with van der Waals surface area (Å²) in [7, 11) is 0. The van der Waals surface area contributed by atoms with Crippen LogP contribution in [0.3, 0.4) is 0 Å². The molecule has 1 fully saturated rings. The SMILES string of the molecule is CC(C)(C)OC(=O)N[C@@H]1C(=O)N(OCc2ccccc2)[C@@]1(C)COC(N)=O. The molecule has 0 unspecified atom stereocenters. The summed E-state index contributed by atoms with van der Waals surface area (Å²) in [4.78, 5) is 41.2. The van der Waals surface area contributed by atoms with Gasteiger partial charge in [-0.2, -0.15) is 0 Å². The van der Waals surface area contributed by atoms with Crippen molar-refractivity contribution in [2.24, 2.45) is 5.73 Å². The van der Waals surface area contributed by atoms with Crippen molar-refractivity contribution in [2.75, 3.05) is 6.61 Å². The van der Waals surface area contributed by atoms with Crippen LogP contribution in [0.2, 0.25) is 0 Å². The molecule has 2 rings (SSSR count). The summed E-state index contributed by atoms with van der Waals surface area (Å²) >= 11 is 0. The fourth-order valence-electron chi connectivity index (χ4n) is 2.61. The van der Waals surface area contributed by atoms with Crippen LogP contribution in [-0.4, -0.2) is 46.9 Å². The fourth-order valence-corrected chi connectivity index (χ4v) is 2.61. The number of nitrogens with zero attached hydrogens (tertiary/aromatic N) is 1. The van der Waals surface area contributed by atoms with Crippen LogP contribution in [0.25, 0.3) is 0 Å². The highest BCUT2D eigenvalue weighted by Crippen LogP contribution is 2.34. The summed E-state index contributed by atoms with van der Waals surface area (Å²) in [6.45, 7) is 6.63. The van der Waals surface area contributed by atoms with Gasteiger partial charge in [-0.1, -0.05) is 30.3 Å². The number of alkyl carbamates (subject to hydrolysis) is 1. The summed E-state index contributed by atoms with van der Waals surface area (Å²) in [6, 6.07) is 8.26. The maximum absolute atomic E-state index is 12.5. The van der Waals surface area contributed by atoms with E-state index in [2.05, 4.69) is 5.32 Å². The van der Waals surface area contributed by atoms with E-state index in [9.17, 15) is 14.4 Å². The molecule has 1 heterocycles. The van der Waals surface area contributed by atoms with Crippen molar-refractivity contribution in [3.05, 3.63) is 35.9 Å². The van der Waals surface area contributed by atoms with Gasteiger partial charge in [0.05, 0.1) is 0 Å². The minimum absolute atomic E-state index is 0.137. The van der Waals surface area contributed by atoms with Gasteiger partial charge < -0.3 is 20.5 Å². The van der Waals surface area contributed by atoms with Gasteiger partial charge in [-0.3, -0.25) is 9.63 Å². The molecule has 0 saturated carbocycles. The third-order valence-corrected chi connectivity index (χ3v) is 3.90. The monoisotopic (exact) mass is 379 g/mol. The Labute approximate surface area is 157 Å². The highest BCUT2D eigenvalue weighted by Gasteiger charge is 2.60. The van der Waals surface area contributed by atoms with Crippen molar-refractivity contribution in [2.45, 2.75) is 51.5 Å². The molecule has 27 heavy (non-hydrogen) atoms. The number of benzene rings is 1. The Morgan fingerprint density at radius 3 is 2.44 bits per heavy atom. The average molecular weight is 379 g/mol. The lowest BCUT2D eigenvalue weighted by molar-refractivity contribution is -0.273. The highest BCUT2D eigenvalue weighted by atomic mass is 16.7. The third-order valence-electron chi connectivity index (χ3n) is 3.90. The van der Waals surface area contributed by atoms with E-state index in [-0.39, 0.29) is 13.2 Å². The lowest BCUT2D eigenvalue weighted by Crippen LogP contribution is -2.79. The Hall–Kier alpha value is -2.81. The standard InChI is InChI=1S/C18H25N3O6/c1-17(2,3)27-16(24)20-13-14(22)21(18(13,4)11-25-15(19)23)26-10-12-8-6-5-7-9-12/h5-9,13H,10-11H2,1-4H3,(H2,19,23)(H,20,24)/t13-,18+/m1/s1. The van der Waals surface area contributed by atoms with Gasteiger partial charge in [-0.15, -0.1) is 0 Å². The van der Waals surface area contributed by atoms with Crippen LogP contribution in [-0.2, 0) is 25.7 Å². The first-order valence-electron chi connectivity index (χ1n) is 8.45. The van der Waals surface area contributed by atoms with Gasteiger partial charge in [-0.05, 0) is 33.3 Å². The van der Waals surface area contributed by atoms with Crippen LogP contribution in [0, 0.1) is 0 Å². The van der Waals surface area contributed by atoms with Crippen LogP contribution >= 0.6 is 0 Å². The number of carbonyl (C=O) groups excluding carboxylic acids is 3. The normalized spacial score (nSPS) is 22.0. The van der Waals surface area contributed by atoms with Gasteiger partial charge in [0.2, 0.25) is 0 Å². The van der Waals surface area contributed by atoms with Gasteiger partial charge >= 0.3 is 12.2 Å². The Morgan fingerprint density at radius 2 is 1.89 bits per heavy atom. The molecular formula is C18H25N3O6. The second-order valence-corrected chi connectivity index (χ2v) is 7.44. The van der Waals surface area contributed by atoms with E-state index in [0.717, 1.165) is 10.6 Å². The van der Waals surface area contributed by atoms with Crippen molar-refractivity contribution in [3.63, 3.8) is 0 Å². The number of rotatable bonds is 6. The molecule has 0 radical (unpaired) electrons. The van der Waals surface area contributed by atoms with Crippen molar-refractivity contribution in [1.29, 1.82) is 0 Å². The quantitative estimate of drug-likeness (QED) is 0.726. The van der Waals surface area contributed by atoms with E-state index >= 15 is 0 Å². The number of primary amides is 1. The lowest BCUT2D eigenvalue weighted by atomic mass is 9.83. The zero-order valence-electron chi connectivity index (χ0n) is 15.9. The minimum atomic E-state index is -1.13. The summed E-state index contributed by atoms with van der Waals surface area (Å²) < 4.78 is 10.0. The van der Waals surface area contributed by atoms with Crippen molar-refractivity contribution in [1.82, 2.24) is 10.4 Å². The zero-order valence-corrected chi connectivity index (χ0v) is 15.9. The Morgan fingerprint density at radius 1 is 1.26 bits per heavy atom. The predicted molar refractivity (Wildman–Crippen MR) is 95.2 cm³/mol. The molecular weight excluding hydrogens is 354 g/mol. The molecule has 9 nitrogen and oxygen atoms in total. The van der Waals surface area contributed by atoms with E-state index in [1.807, 2.05) is 30.3 Å². The first-order chi connectivity index (χ1) is 12.5. The van der Waals surface area contributed by atoms with Crippen LogP contribution in [0.1, 0.15) is 33.3 Å². The van der Waals surface area contributed by atoms with Crippen molar-refractivity contribution >= 4 is 18.1 Å². The van der Waals surface area contributed by atoms with E-state index in [1.54, 1.807) is 27.7 Å². The Kier molecular flexibility index (Phi) is 5.94. The highest BCUT2D eigenvalue weighted by molar-refractivity contribution is 5.93. The van der Waals surface area contributed by atoms with E-state index < -0.39 is 35.3 Å². The molecule has 3 N–H and O–H groups in total. The molecule has 9 heteroatoms. The predicted octanol–water partition coefficient (Wildman–Crippen LogP) is 1.71. The second kappa shape index (κ2) is 7.83. The number of hydrogen-bond acceptors (Lipinski definition) is 6. The Bertz CT molecular complexity index is 703. The largest absolute Gasteiger partial charge is 0.447 e. The smallest absolute Gasteiger partial charge is 0.408 e. The number of β-lactam (4-membered cyclic amide) rings is 1. The van der Waals surface area contributed by atoms with Crippen molar-refractivity contribution < 1.29 is 28.7 Å². The van der Waals surface area contributed by atoms with E-state index in [0.29, 0.717) is 0 Å². The van der Waals surface area contributed by atoms with Gasteiger partial charge in [-0.25, -0.2) is 14.7 Å².